The highest BCUT2D eigenvalue weighted by Gasteiger charge is 2.30. The van der Waals surface area contributed by atoms with E-state index in [2.05, 4.69) is 10.5 Å². The smallest absolute Gasteiger partial charge is 0.416 e. The summed E-state index contributed by atoms with van der Waals surface area (Å²) in [6.07, 6.45) is -3.36. The van der Waals surface area contributed by atoms with Gasteiger partial charge in [0, 0.05) is 0 Å². The SMILES string of the molecule is COc1cc(/C=N/NC(=O)Cc2cccc(C(F)(F)F)c2)ccc1OCC#N. The Kier molecular flexibility index (Phi) is 6.98. The molecule has 0 radical (unpaired) electrons. The van der Waals surface area contributed by atoms with Crippen LogP contribution in [0.15, 0.2) is 47.6 Å². The second-order valence-corrected chi connectivity index (χ2v) is 5.53. The summed E-state index contributed by atoms with van der Waals surface area (Å²) >= 11 is 0. The van der Waals surface area contributed by atoms with E-state index in [9.17, 15) is 18.0 Å². The number of hydrogen-bond acceptors (Lipinski definition) is 5. The van der Waals surface area contributed by atoms with Crippen LogP contribution in [0.25, 0.3) is 0 Å². The molecule has 2 aromatic rings. The zero-order valence-electron chi connectivity index (χ0n) is 14.8. The number of halogens is 3. The highest BCUT2D eigenvalue weighted by molar-refractivity contribution is 5.84. The molecule has 28 heavy (non-hydrogen) atoms. The molecule has 0 saturated heterocycles. The monoisotopic (exact) mass is 391 g/mol. The maximum Gasteiger partial charge on any atom is 0.416 e. The number of hydrogen-bond donors (Lipinski definition) is 1. The lowest BCUT2D eigenvalue weighted by Crippen LogP contribution is -2.20. The predicted octanol–water partition coefficient (Wildman–Crippen LogP) is 3.31. The molecule has 0 atom stereocenters. The van der Waals surface area contributed by atoms with Gasteiger partial charge in [0.05, 0.1) is 25.3 Å². The maximum atomic E-state index is 12.7. The molecule has 2 rings (SSSR count). The van der Waals surface area contributed by atoms with Gasteiger partial charge >= 0.3 is 6.18 Å². The van der Waals surface area contributed by atoms with E-state index in [-0.39, 0.29) is 18.6 Å². The summed E-state index contributed by atoms with van der Waals surface area (Å²) in [4.78, 5) is 11.9. The summed E-state index contributed by atoms with van der Waals surface area (Å²) in [6.45, 7) is -0.130. The lowest BCUT2D eigenvalue weighted by molar-refractivity contribution is -0.137. The van der Waals surface area contributed by atoms with Crippen LogP contribution in [0.1, 0.15) is 16.7 Å². The van der Waals surface area contributed by atoms with Crippen LogP contribution in [-0.4, -0.2) is 25.8 Å². The van der Waals surface area contributed by atoms with Crippen molar-refractivity contribution in [3.8, 4) is 17.6 Å². The summed E-state index contributed by atoms with van der Waals surface area (Å²) in [5.41, 5.74) is 2.25. The number of rotatable bonds is 7. The Morgan fingerprint density at radius 2 is 2.04 bits per heavy atom. The van der Waals surface area contributed by atoms with E-state index in [0.29, 0.717) is 17.1 Å². The maximum absolute atomic E-state index is 12.7. The molecular formula is C19H16F3N3O3. The van der Waals surface area contributed by atoms with Gasteiger partial charge in [-0.05, 0) is 35.4 Å². The second kappa shape index (κ2) is 9.41. The fraction of sp³-hybridized carbons (Fsp3) is 0.211. The van der Waals surface area contributed by atoms with Crippen molar-refractivity contribution in [1.29, 1.82) is 5.26 Å². The molecular weight excluding hydrogens is 375 g/mol. The molecule has 0 fully saturated rings. The van der Waals surface area contributed by atoms with Crippen molar-refractivity contribution in [3.63, 3.8) is 0 Å². The van der Waals surface area contributed by atoms with Gasteiger partial charge in [-0.2, -0.15) is 23.5 Å². The minimum atomic E-state index is -4.47. The Morgan fingerprint density at radius 1 is 1.25 bits per heavy atom. The molecule has 0 heterocycles. The number of alkyl halides is 3. The summed E-state index contributed by atoms with van der Waals surface area (Å²) < 4.78 is 48.4. The van der Waals surface area contributed by atoms with E-state index in [1.807, 2.05) is 6.07 Å². The molecule has 6 nitrogen and oxygen atoms in total. The molecule has 1 amide bonds. The third-order valence-corrected chi connectivity index (χ3v) is 3.50. The van der Waals surface area contributed by atoms with Crippen LogP contribution >= 0.6 is 0 Å². The second-order valence-electron chi connectivity index (χ2n) is 5.53. The first-order valence-electron chi connectivity index (χ1n) is 7.99. The molecule has 0 aliphatic heterocycles. The number of ether oxygens (including phenoxy) is 2. The van der Waals surface area contributed by atoms with Gasteiger partial charge in [0.25, 0.3) is 0 Å². The topological polar surface area (TPSA) is 83.7 Å². The van der Waals surface area contributed by atoms with E-state index in [1.165, 1.54) is 25.5 Å². The first kappa shape index (κ1) is 20.8. The first-order valence-corrected chi connectivity index (χ1v) is 7.99. The van der Waals surface area contributed by atoms with Crippen LogP contribution in [0, 0.1) is 11.3 Å². The number of carbonyl (C=O) groups is 1. The van der Waals surface area contributed by atoms with E-state index < -0.39 is 17.6 Å². The summed E-state index contributed by atoms with van der Waals surface area (Å²) in [7, 11) is 1.44. The van der Waals surface area contributed by atoms with Crippen molar-refractivity contribution in [2.45, 2.75) is 12.6 Å². The van der Waals surface area contributed by atoms with Gasteiger partial charge in [-0.25, -0.2) is 5.43 Å². The van der Waals surface area contributed by atoms with E-state index >= 15 is 0 Å². The molecule has 1 N–H and O–H groups in total. The largest absolute Gasteiger partial charge is 0.493 e. The van der Waals surface area contributed by atoms with E-state index in [4.69, 9.17) is 14.7 Å². The fourth-order valence-corrected chi connectivity index (χ4v) is 2.26. The van der Waals surface area contributed by atoms with Crippen molar-refractivity contribution in [2.24, 2.45) is 5.10 Å². The highest BCUT2D eigenvalue weighted by Crippen LogP contribution is 2.29. The van der Waals surface area contributed by atoms with Gasteiger partial charge in [-0.3, -0.25) is 4.79 Å². The summed E-state index contributed by atoms with van der Waals surface area (Å²) in [5, 5.41) is 12.3. The van der Waals surface area contributed by atoms with Crippen molar-refractivity contribution in [2.75, 3.05) is 13.7 Å². The zero-order valence-corrected chi connectivity index (χ0v) is 14.8. The van der Waals surface area contributed by atoms with Crippen LogP contribution in [-0.2, 0) is 17.4 Å². The number of carbonyl (C=O) groups excluding carboxylic acids is 1. The van der Waals surface area contributed by atoms with Crippen molar-refractivity contribution in [3.05, 3.63) is 59.2 Å². The number of amides is 1. The average molecular weight is 391 g/mol. The Morgan fingerprint density at radius 3 is 2.71 bits per heavy atom. The van der Waals surface area contributed by atoms with E-state index in [1.54, 1.807) is 18.2 Å². The third-order valence-electron chi connectivity index (χ3n) is 3.50. The average Bonchev–Trinajstić information content (AvgIpc) is 2.66. The molecule has 0 unspecified atom stereocenters. The third kappa shape index (κ3) is 6.02. The molecule has 0 aromatic heterocycles. The van der Waals surface area contributed by atoms with Crippen molar-refractivity contribution in [1.82, 2.24) is 5.43 Å². The summed E-state index contributed by atoms with van der Waals surface area (Å²) in [5.74, 6) is 0.209. The molecule has 2 aromatic carbocycles. The van der Waals surface area contributed by atoms with Gasteiger partial charge < -0.3 is 9.47 Å². The van der Waals surface area contributed by atoms with E-state index in [0.717, 1.165) is 12.1 Å². The van der Waals surface area contributed by atoms with Gasteiger partial charge in [0.2, 0.25) is 5.91 Å². The number of nitriles is 1. The minimum absolute atomic E-state index is 0.130. The predicted molar refractivity (Wildman–Crippen MR) is 95.0 cm³/mol. The van der Waals surface area contributed by atoms with Gasteiger partial charge in [0.15, 0.2) is 18.1 Å². The number of hydrazone groups is 1. The standard InChI is InChI=1S/C19H16F3N3O3/c1-27-17-10-14(5-6-16(17)28-8-7-23)12-24-25-18(26)11-13-3-2-4-15(9-13)19(20,21)22/h2-6,9-10,12H,8,11H2,1H3,(H,25,26)/b24-12+. The quantitative estimate of drug-likeness (QED) is 0.580. The Bertz CT molecular complexity index is 905. The zero-order chi connectivity index (χ0) is 20.6. The number of nitrogens with zero attached hydrogens (tertiary/aromatic N) is 2. The molecule has 0 spiro atoms. The molecule has 0 bridgehead atoms. The van der Waals surface area contributed by atoms with Crippen molar-refractivity contribution < 1.29 is 27.4 Å². The van der Waals surface area contributed by atoms with Crippen molar-refractivity contribution >= 4 is 12.1 Å². The highest BCUT2D eigenvalue weighted by atomic mass is 19.4. The summed E-state index contributed by atoms with van der Waals surface area (Å²) in [6, 6.07) is 11.2. The van der Waals surface area contributed by atoms with Crippen LogP contribution in [0.4, 0.5) is 13.2 Å². The molecule has 0 aliphatic rings. The first-order chi connectivity index (χ1) is 13.3. The van der Waals surface area contributed by atoms with Crippen LogP contribution in [0.3, 0.4) is 0 Å². The van der Waals surface area contributed by atoms with Gasteiger partial charge in [-0.15, -0.1) is 0 Å². The van der Waals surface area contributed by atoms with Gasteiger partial charge in [-0.1, -0.05) is 18.2 Å². The lowest BCUT2D eigenvalue weighted by atomic mass is 10.1. The van der Waals surface area contributed by atoms with Gasteiger partial charge in [0.1, 0.15) is 6.07 Å². The van der Waals surface area contributed by atoms with Crippen LogP contribution in [0.2, 0.25) is 0 Å². The fourth-order valence-electron chi connectivity index (χ4n) is 2.26. The number of benzene rings is 2. The normalized spacial score (nSPS) is 11.1. The Balaban J connectivity index is 1.97. The molecule has 9 heteroatoms. The Labute approximate surface area is 159 Å². The number of methoxy groups -OCH3 is 1. The van der Waals surface area contributed by atoms with Crippen LogP contribution < -0.4 is 14.9 Å². The molecule has 0 saturated carbocycles. The molecule has 0 aliphatic carbocycles. The molecule has 146 valence electrons. The minimum Gasteiger partial charge on any atom is -0.493 e. The van der Waals surface area contributed by atoms with Crippen LogP contribution in [0.5, 0.6) is 11.5 Å². The lowest BCUT2D eigenvalue weighted by Gasteiger charge is -2.09. The Hall–Kier alpha value is -3.54. The number of nitrogens with one attached hydrogen (secondary N) is 1.